The van der Waals surface area contributed by atoms with Crippen molar-refractivity contribution in [3.05, 3.63) is 35.7 Å². The van der Waals surface area contributed by atoms with Crippen molar-refractivity contribution in [3.8, 4) is 5.75 Å². The first kappa shape index (κ1) is 19.5. The molecule has 1 aromatic heterocycles. The number of ether oxygens (including phenoxy) is 2. The molecule has 6 heteroatoms. The highest BCUT2D eigenvalue weighted by Crippen LogP contribution is 2.33. The molecule has 1 fully saturated rings. The van der Waals surface area contributed by atoms with Gasteiger partial charge in [-0.05, 0) is 31.6 Å². The Morgan fingerprint density at radius 2 is 2.04 bits per heavy atom. The Morgan fingerprint density at radius 1 is 1.26 bits per heavy atom. The molecule has 2 heterocycles. The minimum atomic E-state index is 0.649. The van der Waals surface area contributed by atoms with Gasteiger partial charge in [0.15, 0.2) is 0 Å². The van der Waals surface area contributed by atoms with Crippen molar-refractivity contribution in [2.24, 2.45) is 0 Å². The highest BCUT2D eigenvalue weighted by atomic mass is 16.5. The van der Waals surface area contributed by atoms with Crippen LogP contribution in [0.15, 0.2) is 24.4 Å². The van der Waals surface area contributed by atoms with Crippen LogP contribution >= 0.6 is 0 Å². The average Bonchev–Trinajstić information content (AvgIpc) is 2.99. The van der Waals surface area contributed by atoms with Crippen LogP contribution in [0.1, 0.15) is 18.2 Å². The van der Waals surface area contributed by atoms with Crippen molar-refractivity contribution in [3.63, 3.8) is 0 Å². The number of aromatic nitrogens is 1. The lowest BCUT2D eigenvalue weighted by Crippen LogP contribution is -2.38. The summed E-state index contributed by atoms with van der Waals surface area (Å²) in [6.45, 7) is 10.1. The number of fused-ring (bicyclic) bond motifs is 1. The molecule has 0 aliphatic carbocycles. The lowest BCUT2D eigenvalue weighted by atomic mass is 10.1. The SMILES string of the molecule is CCN(C=O)/C=C\c1c(C)c2cccc(OC)c2n1CCN1CCOCC1. The van der Waals surface area contributed by atoms with E-state index in [1.807, 2.05) is 31.3 Å². The molecule has 1 saturated heterocycles. The van der Waals surface area contributed by atoms with Gasteiger partial charge in [0, 0.05) is 50.0 Å². The second-order valence-electron chi connectivity index (χ2n) is 6.72. The molecule has 27 heavy (non-hydrogen) atoms. The number of benzene rings is 1. The van der Waals surface area contributed by atoms with E-state index in [0.717, 1.165) is 62.8 Å². The van der Waals surface area contributed by atoms with Crippen molar-refractivity contribution >= 4 is 23.4 Å². The fraction of sp³-hybridized carbons (Fsp3) is 0.476. The minimum absolute atomic E-state index is 0.649. The third kappa shape index (κ3) is 4.17. The molecule has 1 aliphatic heterocycles. The topological polar surface area (TPSA) is 46.9 Å². The van der Waals surface area contributed by atoms with Crippen molar-refractivity contribution < 1.29 is 14.3 Å². The largest absolute Gasteiger partial charge is 0.495 e. The third-order valence-corrected chi connectivity index (χ3v) is 5.24. The average molecular weight is 371 g/mol. The number of rotatable bonds is 8. The summed E-state index contributed by atoms with van der Waals surface area (Å²) in [6, 6.07) is 6.16. The number of carbonyl (C=O) groups excluding carboxylic acids is 1. The fourth-order valence-electron chi connectivity index (χ4n) is 3.62. The van der Waals surface area contributed by atoms with Gasteiger partial charge in [0.05, 0.1) is 25.8 Å². The molecule has 1 aromatic carbocycles. The van der Waals surface area contributed by atoms with Gasteiger partial charge in [-0.15, -0.1) is 0 Å². The summed E-state index contributed by atoms with van der Waals surface area (Å²) >= 11 is 0. The van der Waals surface area contributed by atoms with Crippen LogP contribution in [-0.2, 0) is 16.1 Å². The maximum atomic E-state index is 11.2. The number of carbonyl (C=O) groups is 1. The van der Waals surface area contributed by atoms with E-state index in [1.54, 1.807) is 12.0 Å². The third-order valence-electron chi connectivity index (χ3n) is 5.24. The molecule has 146 valence electrons. The van der Waals surface area contributed by atoms with Gasteiger partial charge in [0.25, 0.3) is 0 Å². The number of morpholine rings is 1. The molecule has 0 N–H and O–H groups in total. The lowest BCUT2D eigenvalue weighted by molar-refractivity contribution is -0.115. The van der Waals surface area contributed by atoms with Gasteiger partial charge in [-0.1, -0.05) is 12.1 Å². The van der Waals surface area contributed by atoms with Crippen LogP contribution in [0, 0.1) is 6.92 Å². The Bertz CT molecular complexity index is 807. The number of methoxy groups -OCH3 is 1. The smallest absolute Gasteiger partial charge is 0.213 e. The molecular weight excluding hydrogens is 342 g/mol. The van der Waals surface area contributed by atoms with E-state index in [2.05, 4.69) is 22.5 Å². The maximum Gasteiger partial charge on any atom is 0.213 e. The van der Waals surface area contributed by atoms with E-state index < -0.39 is 0 Å². The second-order valence-corrected chi connectivity index (χ2v) is 6.72. The summed E-state index contributed by atoms with van der Waals surface area (Å²) in [5.74, 6) is 0.875. The summed E-state index contributed by atoms with van der Waals surface area (Å²) < 4.78 is 13.4. The lowest BCUT2D eigenvalue weighted by Gasteiger charge is -2.27. The van der Waals surface area contributed by atoms with Crippen LogP contribution in [0.3, 0.4) is 0 Å². The normalized spacial score (nSPS) is 15.5. The number of hydrogen-bond acceptors (Lipinski definition) is 4. The molecule has 0 atom stereocenters. The standard InChI is InChI=1S/C21H29N3O3/c1-4-22(16-25)9-8-19-17(2)18-6-5-7-20(26-3)21(18)24(19)11-10-23-12-14-27-15-13-23/h5-9,16H,4,10-15H2,1-3H3/b9-8-. The van der Waals surface area contributed by atoms with Gasteiger partial charge in [0.2, 0.25) is 6.41 Å². The molecule has 1 aliphatic rings. The molecule has 2 aromatic rings. The number of nitrogens with zero attached hydrogens (tertiary/aromatic N) is 3. The Balaban J connectivity index is 2.00. The molecule has 0 spiro atoms. The first-order valence-corrected chi connectivity index (χ1v) is 9.54. The Hall–Kier alpha value is -2.31. The monoisotopic (exact) mass is 371 g/mol. The molecule has 0 radical (unpaired) electrons. The van der Waals surface area contributed by atoms with Gasteiger partial charge < -0.3 is 18.9 Å². The summed E-state index contributed by atoms with van der Waals surface area (Å²) in [7, 11) is 1.71. The van der Waals surface area contributed by atoms with Gasteiger partial charge in [0.1, 0.15) is 5.75 Å². The number of amides is 1. The first-order valence-electron chi connectivity index (χ1n) is 9.54. The van der Waals surface area contributed by atoms with E-state index >= 15 is 0 Å². The van der Waals surface area contributed by atoms with E-state index in [-0.39, 0.29) is 0 Å². The Labute approximate surface area is 160 Å². The van der Waals surface area contributed by atoms with Gasteiger partial charge in [-0.2, -0.15) is 0 Å². The first-order chi connectivity index (χ1) is 13.2. The molecule has 0 bridgehead atoms. The fourth-order valence-corrected chi connectivity index (χ4v) is 3.62. The molecular formula is C21H29N3O3. The van der Waals surface area contributed by atoms with E-state index in [1.165, 1.54) is 10.9 Å². The summed E-state index contributed by atoms with van der Waals surface area (Å²) in [6.07, 6.45) is 4.74. The quantitative estimate of drug-likeness (QED) is 0.670. The van der Waals surface area contributed by atoms with Crippen LogP contribution in [0.5, 0.6) is 5.75 Å². The van der Waals surface area contributed by atoms with Crippen molar-refractivity contribution in [1.29, 1.82) is 0 Å². The van der Waals surface area contributed by atoms with Crippen molar-refractivity contribution in [2.75, 3.05) is 46.5 Å². The van der Waals surface area contributed by atoms with Gasteiger partial charge in [-0.3, -0.25) is 9.69 Å². The molecule has 0 saturated carbocycles. The minimum Gasteiger partial charge on any atom is -0.495 e. The zero-order valence-corrected chi connectivity index (χ0v) is 16.5. The zero-order valence-electron chi connectivity index (χ0n) is 16.5. The second kappa shape index (κ2) is 9.06. The van der Waals surface area contributed by atoms with Crippen LogP contribution in [0.25, 0.3) is 17.0 Å². The summed E-state index contributed by atoms with van der Waals surface area (Å²) in [4.78, 5) is 15.2. The predicted octanol–water partition coefficient (Wildman–Crippen LogP) is 2.74. The molecule has 6 nitrogen and oxygen atoms in total. The Morgan fingerprint density at radius 3 is 2.70 bits per heavy atom. The van der Waals surface area contributed by atoms with E-state index in [4.69, 9.17) is 9.47 Å². The number of aryl methyl sites for hydroxylation is 1. The van der Waals surface area contributed by atoms with Gasteiger partial charge in [-0.25, -0.2) is 0 Å². The summed E-state index contributed by atoms with van der Waals surface area (Å²) in [5, 5.41) is 1.19. The van der Waals surface area contributed by atoms with Crippen molar-refractivity contribution in [1.82, 2.24) is 14.4 Å². The molecule has 3 rings (SSSR count). The van der Waals surface area contributed by atoms with Crippen LogP contribution in [0.4, 0.5) is 0 Å². The molecule has 0 unspecified atom stereocenters. The highest BCUT2D eigenvalue weighted by Gasteiger charge is 2.17. The van der Waals surface area contributed by atoms with E-state index in [9.17, 15) is 4.79 Å². The number of hydrogen-bond donors (Lipinski definition) is 0. The Kier molecular flexibility index (Phi) is 6.53. The van der Waals surface area contributed by atoms with E-state index in [0.29, 0.717) is 6.54 Å². The summed E-state index contributed by atoms with van der Waals surface area (Å²) in [5.41, 5.74) is 3.42. The highest BCUT2D eigenvalue weighted by molar-refractivity contribution is 5.92. The zero-order chi connectivity index (χ0) is 19.2. The number of para-hydroxylation sites is 1. The van der Waals surface area contributed by atoms with Crippen molar-refractivity contribution in [2.45, 2.75) is 20.4 Å². The molecule has 1 amide bonds. The van der Waals surface area contributed by atoms with Gasteiger partial charge >= 0.3 is 0 Å². The predicted molar refractivity (Wildman–Crippen MR) is 108 cm³/mol. The van der Waals surface area contributed by atoms with Crippen LogP contribution < -0.4 is 4.74 Å². The van der Waals surface area contributed by atoms with Crippen LogP contribution in [-0.4, -0.2) is 67.3 Å². The maximum absolute atomic E-state index is 11.2. The van der Waals surface area contributed by atoms with Crippen LogP contribution in [0.2, 0.25) is 0 Å².